The van der Waals surface area contributed by atoms with Crippen LogP contribution in [0.5, 0.6) is 0 Å². The fourth-order valence-electron chi connectivity index (χ4n) is 0.628. The molecule has 0 radical (unpaired) electrons. The Bertz CT molecular complexity index is 265. The lowest BCUT2D eigenvalue weighted by atomic mass is 9.96. The molecule has 0 aromatic carbocycles. The third-order valence-corrected chi connectivity index (χ3v) is 1.67. The summed E-state index contributed by atoms with van der Waals surface area (Å²) in [5.41, 5.74) is -0.135. The first-order valence-electron chi connectivity index (χ1n) is 3.53. The van der Waals surface area contributed by atoms with E-state index >= 15 is 0 Å². The zero-order valence-electron chi connectivity index (χ0n) is 7.14. The molecule has 0 aliphatic carbocycles. The van der Waals surface area contributed by atoms with Crippen molar-refractivity contribution >= 4 is 23.2 Å². The largest absolute Gasteiger partial charge is 0.336 e. The van der Waals surface area contributed by atoms with E-state index in [2.05, 4.69) is 10.1 Å². The Kier molecular flexibility index (Phi) is 2.64. The quantitative estimate of drug-likeness (QED) is 0.667. The fourth-order valence-corrected chi connectivity index (χ4v) is 0.806. The van der Waals surface area contributed by atoms with E-state index in [0.717, 1.165) is 0 Å². The first-order valence-corrected chi connectivity index (χ1v) is 4.41. The highest BCUT2D eigenvalue weighted by atomic mass is 35.5. The molecule has 0 saturated carbocycles. The number of hydrogen-bond acceptors (Lipinski definition) is 3. The molecule has 0 saturated heterocycles. The van der Waals surface area contributed by atoms with Crippen LogP contribution in [-0.2, 0) is 5.41 Å². The summed E-state index contributed by atoms with van der Waals surface area (Å²) in [4.78, 5) is 3.30. The van der Waals surface area contributed by atoms with Gasteiger partial charge in [-0.05, 0) is 0 Å². The Morgan fingerprint density at radius 1 is 1.33 bits per heavy atom. The van der Waals surface area contributed by atoms with Gasteiger partial charge in [0.15, 0.2) is 10.7 Å². The average molecular weight is 209 g/mol. The van der Waals surface area contributed by atoms with Crippen molar-refractivity contribution in [1.29, 1.82) is 0 Å². The van der Waals surface area contributed by atoms with Crippen molar-refractivity contribution < 1.29 is 4.52 Å². The average Bonchev–Trinajstić information content (AvgIpc) is 2.30. The first kappa shape index (κ1) is 9.81. The summed E-state index contributed by atoms with van der Waals surface area (Å²) in [5, 5.41) is 3.75. The van der Waals surface area contributed by atoms with Gasteiger partial charge in [0.1, 0.15) is 0 Å². The molecule has 3 nitrogen and oxygen atoms in total. The van der Waals surface area contributed by atoms with Gasteiger partial charge in [0.05, 0.1) is 0 Å². The molecule has 12 heavy (non-hydrogen) atoms. The van der Waals surface area contributed by atoms with E-state index in [0.29, 0.717) is 5.82 Å². The molecule has 1 aromatic heterocycles. The molecule has 0 fully saturated rings. The van der Waals surface area contributed by atoms with Crippen molar-refractivity contribution in [3.05, 3.63) is 11.7 Å². The van der Waals surface area contributed by atoms with Gasteiger partial charge >= 0.3 is 0 Å². The van der Waals surface area contributed by atoms with Gasteiger partial charge in [-0.1, -0.05) is 49.1 Å². The highest BCUT2D eigenvalue weighted by Crippen LogP contribution is 2.25. The second-order valence-electron chi connectivity index (χ2n) is 3.51. The lowest BCUT2D eigenvalue weighted by molar-refractivity contribution is 0.370. The van der Waals surface area contributed by atoms with Crippen LogP contribution in [0.2, 0.25) is 0 Å². The predicted octanol–water partition coefficient (Wildman–Crippen LogP) is 2.84. The van der Waals surface area contributed by atoms with Gasteiger partial charge in [0.25, 0.3) is 5.89 Å². The summed E-state index contributed by atoms with van der Waals surface area (Å²) in [6.45, 7) is 5.96. The Hall–Kier alpha value is -0.280. The highest BCUT2D eigenvalue weighted by molar-refractivity contribution is 6.43. The van der Waals surface area contributed by atoms with Gasteiger partial charge in [-0.2, -0.15) is 4.98 Å². The second-order valence-corrected chi connectivity index (χ2v) is 4.60. The molecule has 0 atom stereocenters. The van der Waals surface area contributed by atoms with Crippen LogP contribution >= 0.6 is 23.2 Å². The van der Waals surface area contributed by atoms with E-state index in [9.17, 15) is 0 Å². The molecule has 0 bridgehead atoms. The Morgan fingerprint density at radius 3 is 2.17 bits per heavy atom. The third kappa shape index (κ3) is 2.11. The summed E-state index contributed by atoms with van der Waals surface area (Å²) >= 11 is 11.1. The number of alkyl halides is 2. The summed E-state index contributed by atoms with van der Waals surface area (Å²) in [7, 11) is 0. The van der Waals surface area contributed by atoms with Crippen LogP contribution in [-0.4, -0.2) is 10.1 Å². The van der Waals surface area contributed by atoms with Crippen molar-refractivity contribution in [2.24, 2.45) is 0 Å². The molecule has 0 amide bonds. The van der Waals surface area contributed by atoms with E-state index in [-0.39, 0.29) is 11.3 Å². The van der Waals surface area contributed by atoms with Crippen molar-refractivity contribution in [1.82, 2.24) is 10.1 Å². The maximum Gasteiger partial charge on any atom is 0.259 e. The van der Waals surface area contributed by atoms with Crippen LogP contribution in [0.15, 0.2) is 4.52 Å². The van der Waals surface area contributed by atoms with Gasteiger partial charge < -0.3 is 4.52 Å². The van der Waals surface area contributed by atoms with E-state index in [1.54, 1.807) is 0 Å². The first-order chi connectivity index (χ1) is 5.41. The molecule has 68 valence electrons. The van der Waals surface area contributed by atoms with Gasteiger partial charge in [-0.25, -0.2) is 0 Å². The topological polar surface area (TPSA) is 38.9 Å². The highest BCUT2D eigenvalue weighted by Gasteiger charge is 2.22. The molecule has 0 spiro atoms. The number of nitrogens with zero attached hydrogens (tertiary/aromatic N) is 2. The van der Waals surface area contributed by atoms with Crippen LogP contribution in [0.1, 0.15) is 37.3 Å². The van der Waals surface area contributed by atoms with Crippen LogP contribution in [0.4, 0.5) is 0 Å². The monoisotopic (exact) mass is 208 g/mol. The van der Waals surface area contributed by atoms with Gasteiger partial charge in [0.2, 0.25) is 0 Å². The number of aromatic nitrogens is 2. The molecule has 5 heteroatoms. The second kappa shape index (κ2) is 3.23. The van der Waals surface area contributed by atoms with Crippen LogP contribution in [0.25, 0.3) is 0 Å². The predicted molar refractivity (Wildman–Crippen MR) is 47.4 cm³/mol. The molecule has 1 aromatic rings. The summed E-state index contributed by atoms with van der Waals surface area (Å²) in [6.07, 6.45) is 0. The van der Waals surface area contributed by atoms with Gasteiger partial charge in [-0.15, -0.1) is 0 Å². The normalized spacial score (nSPS) is 12.5. The standard InChI is InChI=1S/C7H10Cl2N2O/c1-7(2,3)6-10-5(4(8)9)12-11-6/h4H,1-3H3. The van der Waals surface area contributed by atoms with Crippen LogP contribution in [0.3, 0.4) is 0 Å². The van der Waals surface area contributed by atoms with Crippen molar-refractivity contribution in [2.75, 3.05) is 0 Å². The summed E-state index contributed by atoms with van der Waals surface area (Å²) in [6, 6.07) is 0. The van der Waals surface area contributed by atoms with E-state index in [4.69, 9.17) is 27.7 Å². The Labute approximate surface area is 81.0 Å². The lowest BCUT2D eigenvalue weighted by Crippen LogP contribution is -2.13. The van der Waals surface area contributed by atoms with E-state index < -0.39 is 4.84 Å². The zero-order chi connectivity index (χ0) is 9.35. The molecule has 0 unspecified atom stereocenters. The van der Waals surface area contributed by atoms with Gasteiger partial charge in [-0.3, -0.25) is 0 Å². The maximum absolute atomic E-state index is 5.54. The molecular weight excluding hydrogens is 199 g/mol. The summed E-state index contributed by atoms with van der Waals surface area (Å²) in [5.74, 6) is 0.868. The molecular formula is C7H10Cl2N2O. The minimum Gasteiger partial charge on any atom is -0.336 e. The minimum absolute atomic E-state index is 0.135. The zero-order valence-corrected chi connectivity index (χ0v) is 8.65. The fraction of sp³-hybridized carbons (Fsp3) is 0.714. The SMILES string of the molecule is CC(C)(C)c1noc(C(Cl)Cl)n1. The van der Waals surface area contributed by atoms with Crippen LogP contribution < -0.4 is 0 Å². The third-order valence-electron chi connectivity index (χ3n) is 1.30. The summed E-state index contributed by atoms with van der Waals surface area (Å²) < 4.78 is 4.83. The Morgan fingerprint density at radius 2 is 1.92 bits per heavy atom. The number of halogens is 2. The van der Waals surface area contributed by atoms with Gasteiger partial charge in [0, 0.05) is 5.41 Å². The lowest BCUT2D eigenvalue weighted by Gasteiger charge is -2.10. The van der Waals surface area contributed by atoms with E-state index in [1.165, 1.54) is 0 Å². The molecule has 1 rings (SSSR count). The Balaban J connectivity index is 2.92. The van der Waals surface area contributed by atoms with Crippen molar-refractivity contribution in [3.8, 4) is 0 Å². The number of rotatable bonds is 1. The van der Waals surface area contributed by atoms with E-state index in [1.807, 2.05) is 20.8 Å². The van der Waals surface area contributed by atoms with Crippen molar-refractivity contribution in [2.45, 2.75) is 31.0 Å². The minimum atomic E-state index is -0.742. The molecule has 0 N–H and O–H groups in total. The molecule has 0 aliphatic heterocycles. The molecule has 0 aliphatic rings. The maximum atomic E-state index is 5.54. The smallest absolute Gasteiger partial charge is 0.259 e. The van der Waals surface area contributed by atoms with Crippen LogP contribution in [0, 0.1) is 0 Å². The molecule has 1 heterocycles. The van der Waals surface area contributed by atoms with Crippen molar-refractivity contribution in [3.63, 3.8) is 0 Å². The number of hydrogen-bond donors (Lipinski definition) is 0.